The fourth-order valence-corrected chi connectivity index (χ4v) is 4.32. The molecule has 3 aromatic carbocycles. The first kappa shape index (κ1) is 23.6. The summed E-state index contributed by atoms with van der Waals surface area (Å²) in [6, 6.07) is 14.8. The van der Waals surface area contributed by atoms with Crippen molar-refractivity contribution in [1.82, 2.24) is 16.0 Å². The summed E-state index contributed by atoms with van der Waals surface area (Å²) in [7, 11) is 0. The van der Waals surface area contributed by atoms with Crippen molar-refractivity contribution < 1.29 is 23.2 Å². The molecule has 176 valence electrons. The van der Waals surface area contributed by atoms with Crippen LogP contribution in [0.4, 0.5) is 14.5 Å². The van der Waals surface area contributed by atoms with Crippen LogP contribution in [0.1, 0.15) is 10.4 Å². The van der Waals surface area contributed by atoms with E-state index in [0.29, 0.717) is 5.69 Å². The summed E-state index contributed by atoms with van der Waals surface area (Å²) in [5, 5.41) is 12.7. The van der Waals surface area contributed by atoms with E-state index in [4.69, 9.17) is 5.73 Å². The highest BCUT2D eigenvalue weighted by Gasteiger charge is 2.35. The van der Waals surface area contributed by atoms with Gasteiger partial charge in [-0.2, -0.15) is 0 Å². The summed E-state index contributed by atoms with van der Waals surface area (Å²) >= 11 is 1.12. The Kier molecular flexibility index (Phi) is 7.06. The predicted octanol–water partition coefficient (Wildman–Crippen LogP) is 1.88. The fourth-order valence-electron chi connectivity index (χ4n) is 3.48. The first-order valence-electron chi connectivity index (χ1n) is 10.3. The maximum atomic E-state index is 13.4. The molecule has 0 aromatic heterocycles. The second-order valence-corrected chi connectivity index (χ2v) is 8.64. The Labute approximate surface area is 197 Å². The van der Waals surface area contributed by atoms with E-state index in [9.17, 15) is 23.2 Å². The average molecular weight is 486 g/mol. The van der Waals surface area contributed by atoms with E-state index in [1.807, 2.05) is 42.5 Å². The summed E-state index contributed by atoms with van der Waals surface area (Å²) in [4.78, 5) is 37.3. The average Bonchev–Trinajstić information content (AvgIpc) is 2.82. The minimum atomic E-state index is -1.18. The lowest BCUT2D eigenvalue weighted by atomic mass is 10.1. The zero-order valence-corrected chi connectivity index (χ0v) is 18.5. The van der Waals surface area contributed by atoms with Gasteiger partial charge in [0.25, 0.3) is 5.91 Å². The summed E-state index contributed by atoms with van der Waals surface area (Å²) in [6.07, 6.45) is -0.971. The van der Waals surface area contributed by atoms with Crippen molar-refractivity contribution in [2.24, 2.45) is 5.73 Å². The third kappa shape index (κ3) is 5.33. The number of rotatable bonds is 6. The Morgan fingerprint density at radius 2 is 1.79 bits per heavy atom. The monoisotopic (exact) mass is 485 g/mol. The molecular weight excluding hydrogens is 464 g/mol. The van der Waals surface area contributed by atoms with Gasteiger partial charge in [-0.05, 0) is 29.7 Å². The van der Waals surface area contributed by atoms with Crippen LogP contribution in [0.15, 0.2) is 60.7 Å². The van der Waals surface area contributed by atoms with Crippen molar-refractivity contribution in [3.63, 3.8) is 0 Å². The highest BCUT2D eigenvalue weighted by molar-refractivity contribution is 8.00. The van der Waals surface area contributed by atoms with Crippen LogP contribution in [0, 0.1) is 11.6 Å². The van der Waals surface area contributed by atoms with E-state index in [1.54, 1.807) is 0 Å². The summed E-state index contributed by atoms with van der Waals surface area (Å²) in [6.45, 7) is 0. The van der Waals surface area contributed by atoms with Crippen molar-refractivity contribution >= 4 is 45.9 Å². The van der Waals surface area contributed by atoms with Crippen molar-refractivity contribution in [3.8, 4) is 0 Å². The van der Waals surface area contributed by atoms with Crippen LogP contribution in [0.25, 0.3) is 10.8 Å². The van der Waals surface area contributed by atoms with Crippen LogP contribution in [0.2, 0.25) is 0 Å². The van der Waals surface area contributed by atoms with Gasteiger partial charge in [-0.15, -0.1) is 11.8 Å². The number of hydrogen-bond donors (Lipinski definition) is 5. The largest absolute Gasteiger partial charge is 0.338 e. The molecule has 3 unspecified atom stereocenters. The number of halogens is 2. The van der Waals surface area contributed by atoms with E-state index < -0.39 is 41.2 Å². The van der Waals surface area contributed by atoms with Crippen LogP contribution < -0.4 is 27.0 Å². The van der Waals surface area contributed by atoms with Crippen LogP contribution in [0.5, 0.6) is 0 Å². The van der Waals surface area contributed by atoms with Gasteiger partial charge in [0.05, 0.1) is 11.9 Å². The molecule has 0 saturated carbocycles. The Balaban J connectivity index is 1.30. The highest BCUT2D eigenvalue weighted by atomic mass is 32.2. The molecule has 3 atom stereocenters. The van der Waals surface area contributed by atoms with Gasteiger partial charge in [-0.3, -0.25) is 19.7 Å². The summed E-state index contributed by atoms with van der Waals surface area (Å²) < 4.78 is 26.5. The smallest absolute Gasteiger partial charge is 0.252 e. The van der Waals surface area contributed by atoms with Gasteiger partial charge in [-0.1, -0.05) is 36.4 Å². The number of fused-ring (bicyclic) bond motifs is 1. The van der Waals surface area contributed by atoms with Gasteiger partial charge in [0.1, 0.15) is 11.5 Å². The first-order valence-corrected chi connectivity index (χ1v) is 11.3. The molecule has 3 aromatic rings. The number of nitrogens with two attached hydrogens (primary N) is 1. The maximum absolute atomic E-state index is 13.4. The van der Waals surface area contributed by atoms with E-state index in [-0.39, 0.29) is 17.2 Å². The summed E-state index contributed by atoms with van der Waals surface area (Å²) in [5.74, 6) is -3.86. The lowest BCUT2D eigenvalue weighted by Crippen LogP contribution is -2.70. The van der Waals surface area contributed by atoms with E-state index in [0.717, 1.165) is 40.7 Å². The molecule has 1 fully saturated rings. The SMILES string of the molecule is NC1NC(SCC(=O)Nc2cccc3ccccc23)NC(=O)C1NC(=O)c1ccc(F)c(F)c1. The van der Waals surface area contributed by atoms with Crippen LogP contribution in [0.3, 0.4) is 0 Å². The molecule has 34 heavy (non-hydrogen) atoms. The number of nitrogens with one attached hydrogen (secondary N) is 4. The number of hydrogen-bond acceptors (Lipinski definition) is 6. The van der Waals surface area contributed by atoms with Gasteiger partial charge in [0.15, 0.2) is 11.6 Å². The molecule has 1 saturated heterocycles. The Bertz CT molecular complexity index is 1250. The molecule has 1 aliphatic rings. The number of benzene rings is 3. The third-order valence-corrected chi connectivity index (χ3v) is 6.19. The Morgan fingerprint density at radius 1 is 1.03 bits per heavy atom. The third-order valence-electron chi connectivity index (χ3n) is 5.17. The van der Waals surface area contributed by atoms with Gasteiger partial charge in [-0.25, -0.2) is 8.78 Å². The van der Waals surface area contributed by atoms with Gasteiger partial charge >= 0.3 is 0 Å². The fraction of sp³-hybridized carbons (Fsp3) is 0.174. The minimum absolute atomic E-state index is 0.0275. The number of carbonyl (C=O) groups is 3. The lowest BCUT2D eigenvalue weighted by molar-refractivity contribution is -0.125. The zero-order valence-electron chi connectivity index (χ0n) is 17.7. The van der Waals surface area contributed by atoms with E-state index in [1.165, 1.54) is 0 Å². The normalized spacial score (nSPS) is 20.0. The van der Waals surface area contributed by atoms with Gasteiger partial charge < -0.3 is 21.7 Å². The predicted molar refractivity (Wildman–Crippen MR) is 126 cm³/mol. The molecule has 8 nitrogen and oxygen atoms in total. The van der Waals surface area contributed by atoms with Crippen LogP contribution in [-0.4, -0.2) is 41.2 Å². The number of amides is 3. The quantitative estimate of drug-likeness (QED) is 0.363. The van der Waals surface area contributed by atoms with E-state index in [2.05, 4.69) is 21.3 Å². The van der Waals surface area contributed by atoms with Gasteiger partial charge in [0.2, 0.25) is 11.8 Å². The van der Waals surface area contributed by atoms with Gasteiger partial charge in [0, 0.05) is 16.6 Å². The van der Waals surface area contributed by atoms with Crippen LogP contribution >= 0.6 is 11.8 Å². The number of thioether (sulfide) groups is 1. The first-order chi connectivity index (χ1) is 16.3. The maximum Gasteiger partial charge on any atom is 0.252 e. The molecular formula is C23H21F2N5O3S. The van der Waals surface area contributed by atoms with Crippen molar-refractivity contribution in [1.29, 1.82) is 0 Å². The topological polar surface area (TPSA) is 125 Å². The molecule has 0 aliphatic carbocycles. The van der Waals surface area contributed by atoms with Crippen molar-refractivity contribution in [3.05, 3.63) is 77.9 Å². The molecule has 0 spiro atoms. The molecule has 0 bridgehead atoms. The Hall–Kier alpha value is -3.54. The van der Waals surface area contributed by atoms with Crippen molar-refractivity contribution in [2.75, 3.05) is 11.1 Å². The highest BCUT2D eigenvalue weighted by Crippen LogP contribution is 2.23. The zero-order chi connectivity index (χ0) is 24.2. The molecule has 6 N–H and O–H groups in total. The number of anilines is 1. The molecule has 4 rings (SSSR count). The van der Waals surface area contributed by atoms with Crippen LogP contribution in [-0.2, 0) is 9.59 Å². The Morgan fingerprint density at radius 3 is 2.56 bits per heavy atom. The molecule has 0 radical (unpaired) electrons. The number of carbonyl (C=O) groups excluding carboxylic acids is 3. The molecule has 11 heteroatoms. The second-order valence-electron chi connectivity index (χ2n) is 7.55. The van der Waals surface area contributed by atoms with Crippen molar-refractivity contribution in [2.45, 2.75) is 17.7 Å². The summed E-state index contributed by atoms with van der Waals surface area (Å²) in [5.41, 5.74) is 5.86. The lowest BCUT2D eigenvalue weighted by Gasteiger charge is -2.35. The minimum Gasteiger partial charge on any atom is -0.338 e. The second kappa shape index (κ2) is 10.2. The molecule has 1 aliphatic heterocycles. The standard InChI is InChI=1S/C23H21F2N5O3S/c24-15-9-8-13(10-16(15)25)21(32)28-19-20(26)29-23(30-22(19)33)34-11-18(31)27-17-7-3-5-12-4-1-2-6-14(12)17/h1-10,19-20,23,29H,11,26H2,(H,27,31)(H,28,32)(H,30,33). The molecule has 1 heterocycles. The van der Waals surface area contributed by atoms with E-state index >= 15 is 0 Å². The molecule has 3 amide bonds.